The lowest BCUT2D eigenvalue weighted by molar-refractivity contribution is 0.381. The first-order chi connectivity index (χ1) is 9.69. The van der Waals surface area contributed by atoms with Crippen molar-refractivity contribution in [1.82, 2.24) is 19.5 Å². The van der Waals surface area contributed by atoms with Crippen LogP contribution >= 0.6 is 0 Å². The lowest BCUT2D eigenvalue weighted by atomic mass is 10.2. The first-order valence-electron chi connectivity index (χ1n) is 5.99. The molecule has 3 N–H and O–H groups in total. The Hall–Kier alpha value is -2.83. The normalized spacial score (nSPS) is 10.8. The van der Waals surface area contributed by atoms with Crippen LogP contribution in [0.5, 0.6) is 12.0 Å². The molecule has 0 fully saturated rings. The van der Waals surface area contributed by atoms with Gasteiger partial charge in [-0.1, -0.05) is 30.3 Å². The van der Waals surface area contributed by atoms with E-state index in [1.807, 2.05) is 30.3 Å². The van der Waals surface area contributed by atoms with E-state index in [4.69, 9.17) is 10.5 Å². The monoisotopic (exact) mass is 271 g/mol. The molecule has 0 spiro atoms. The van der Waals surface area contributed by atoms with Gasteiger partial charge < -0.3 is 15.6 Å². The average Bonchev–Trinajstić information content (AvgIpc) is 2.77. The zero-order chi connectivity index (χ0) is 14.1. The molecule has 0 radical (unpaired) electrons. The van der Waals surface area contributed by atoms with Crippen LogP contribution in [0, 0.1) is 0 Å². The van der Waals surface area contributed by atoms with Crippen LogP contribution in [-0.4, -0.2) is 31.7 Å². The Morgan fingerprint density at radius 1 is 1.20 bits per heavy atom. The van der Waals surface area contributed by atoms with E-state index in [2.05, 4.69) is 15.0 Å². The summed E-state index contributed by atoms with van der Waals surface area (Å²) in [5.74, 6) is 0.175. The maximum absolute atomic E-state index is 9.97. The quantitative estimate of drug-likeness (QED) is 0.742. The molecule has 0 unspecified atom stereocenters. The second-order valence-electron chi connectivity index (χ2n) is 4.25. The molecule has 2 heterocycles. The van der Waals surface area contributed by atoms with Crippen LogP contribution in [-0.2, 0) is 6.54 Å². The number of aromatic hydroxyl groups is 1. The maximum atomic E-state index is 9.97. The van der Waals surface area contributed by atoms with E-state index >= 15 is 0 Å². The van der Waals surface area contributed by atoms with Gasteiger partial charge in [0.05, 0.1) is 13.7 Å². The lowest BCUT2D eigenvalue weighted by Crippen LogP contribution is -2.03. The van der Waals surface area contributed by atoms with E-state index in [1.54, 1.807) is 4.57 Å². The number of nitrogens with two attached hydrogens (primary N) is 1. The average molecular weight is 271 g/mol. The summed E-state index contributed by atoms with van der Waals surface area (Å²) in [6.07, 6.45) is 0. The third kappa shape index (κ3) is 1.99. The Morgan fingerprint density at radius 2 is 1.95 bits per heavy atom. The molecule has 0 saturated carbocycles. The summed E-state index contributed by atoms with van der Waals surface area (Å²) >= 11 is 0. The van der Waals surface area contributed by atoms with Crippen molar-refractivity contribution in [3.8, 4) is 12.0 Å². The zero-order valence-electron chi connectivity index (χ0n) is 10.8. The predicted molar refractivity (Wildman–Crippen MR) is 73.5 cm³/mol. The second kappa shape index (κ2) is 4.69. The molecule has 2 aromatic heterocycles. The summed E-state index contributed by atoms with van der Waals surface area (Å²) in [5.41, 5.74) is 7.60. The van der Waals surface area contributed by atoms with E-state index < -0.39 is 0 Å². The molecule has 0 aliphatic rings. The largest absolute Gasteiger partial charge is 0.480 e. The number of methoxy groups -OCH3 is 1. The Bertz CT molecular complexity index is 754. The first-order valence-corrected chi connectivity index (χ1v) is 5.99. The SMILES string of the molecule is COc1nc(N)c2nc(O)n(Cc3ccccc3)c2n1. The van der Waals surface area contributed by atoms with Crippen molar-refractivity contribution >= 4 is 17.0 Å². The van der Waals surface area contributed by atoms with Gasteiger partial charge in [-0.15, -0.1) is 0 Å². The molecule has 0 aliphatic heterocycles. The number of imidazole rings is 1. The molecule has 3 aromatic rings. The Morgan fingerprint density at radius 3 is 2.65 bits per heavy atom. The van der Waals surface area contributed by atoms with Crippen molar-refractivity contribution in [3.63, 3.8) is 0 Å². The molecular weight excluding hydrogens is 258 g/mol. The van der Waals surface area contributed by atoms with Crippen LogP contribution < -0.4 is 10.5 Å². The van der Waals surface area contributed by atoms with E-state index in [0.717, 1.165) is 5.56 Å². The summed E-state index contributed by atoms with van der Waals surface area (Å²) in [6, 6.07) is 9.67. The third-order valence-electron chi connectivity index (χ3n) is 2.95. The van der Waals surface area contributed by atoms with Gasteiger partial charge in [-0.25, -0.2) is 0 Å². The van der Waals surface area contributed by atoms with Gasteiger partial charge in [0, 0.05) is 0 Å². The fourth-order valence-electron chi connectivity index (χ4n) is 1.99. The highest BCUT2D eigenvalue weighted by Crippen LogP contribution is 2.25. The smallest absolute Gasteiger partial charge is 0.320 e. The minimum atomic E-state index is -0.155. The fraction of sp³-hybridized carbons (Fsp3) is 0.154. The number of fused-ring (bicyclic) bond motifs is 1. The van der Waals surface area contributed by atoms with Gasteiger partial charge in [-0.2, -0.15) is 15.0 Å². The standard InChI is InChI=1S/C13H13N5O2/c1-20-12-16-10(14)9-11(17-12)18(13(19)15-9)7-8-5-3-2-4-6-8/h2-6H,7H2,1H3,(H,15,19)(H2,14,16,17). The van der Waals surface area contributed by atoms with Gasteiger partial charge in [0.2, 0.25) is 0 Å². The van der Waals surface area contributed by atoms with Gasteiger partial charge >= 0.3 is 6.01 Å². The van der Waals surface area contributed by atoms with E-state index in [-0.39, 0.29) is 17.8 Å². The number of rotatable bonds is 3. The highest BCUT2D eigenvalue weighted by atomic mass is 16.5. The first kappa shape index (κ1) is 12.2. The van der Waals surface area contributed by atoms with Gasteiger partial charge in [0.15, 0.2) is 17.0 Å². The molecule has 3 rings (SSSR count). The minimum Gasteiger partial charge on any atom is -0.480 e. The van der Waals surface area contributed by atoms with Crippen LogP contribution in [0.25, 0.3) is 11.2 Å². The third-order valence-corrected chi connectivity index (χ3v) is 2.95. The number of hydrogen-bond donors (Lipinski definition) is 2. The van der Waals surface area contributed by atoms with Crippen molar-refractivity contribution in [2.75, 3.05) is 12.8 Å². The topological polar surface area (TPSA) is 99.1 Å². The molecule has 1 aromatic carbocycles. The number of anilines is 1. The van der Waals surface area contributed by atoms with Crippen molar-refractivity contribution < 1.29 is 9.84 Å². The number of nitrogens with zero attached hydrogens (tertiary/aromatic N) is 4. The van der Waals surface area contributed by atoms with Gasteiger partial charge in [-0.3, -0.25) is 4.57 Å². The molecule has 20 heavy (non-hydrogen) atoms. The molecule has 0 bridgehead atoms. The predicted octanol–water partition coefficient (Wildman–Crippen LogP) is 1.17. The van der Waals surface area contributed by atoms with Crippen LogP contribution in [0.1, 0.15) is 5.56 Å². The lowest BCUT2D eigenvalue weighted by Gasteiger charge is -2.06. The van der Waals surface area contributed by atoms with Crippen LogP contribution in [0.2, 0.25) is 0 Å². The Labute approximate surface area is 114 Å². The zero-order valence-corrected chi connectivity index (χ0v) is 10.8. The Kier molecular flexibility index (Phi) is 2.86. The van der Waals surface area contributed by atoms with Crippen LogP contribution in [0.15, 0.2) is 30.3 Å². The van der Waals surface area contributed by atoms with Crippen molar-refractivity contribution in [1.29, 1.82) is 0 Å². The van der Waals surface area contributed by atoms with Crippen molar-refractivity contribution in [2.24, 2.45) is 0 Å². The molecule has 7 heteroatoms. The van der Waals surface area contributed by atoms with Gasteiger partial charge in [0.1, 0.15) is 0 Å². The maximum Gasteiger partial charge on any atom is 0.320 e. The molecule has 0 saturated heterocycles. The summed E-state index contributed by atoms with van der Waals surface area (Å²) in [7, 11) is 1.46. The van der Waals surface area contributed by atoms with Gasteiger partial charge in [0.25, 0.3) is 6.01 Å². The fourth-order valence-corrected chi connectivity index (χ4v) is 1.99. The van der Waals surface area contributed by atoms with Crippen LogP contribution in [0.4, 0.5) is 5.82 Å². The molecule has 0 atom stereocenters. The minimum absolute atomic E-state index is 0.143. The molecule has 0 amide bonds. The summed E-state index contributed by atoms with van der Waals surface area (Å²) in [6.45, 7) is 0.433. The number of aromatic nitrogens is 4. The number of hydrogen-bond acceptors (Lipinski definition) is 6. The van der Waals surface area contributed by atoms with Gasteiger partial charge in [-0.05, 0) is 5.56 Å². The highest BCUT2D eigenvalue weighted by Gasteiger charge is 2.16. The van der Waals surface area contributed by atoms with Crippen molar-refractivity contribution in [3.05, 3.63) is 35.9 Å². The van der Waals surface area contributed by atoms with Crippen molar-refractivity contribution in [2.45, 2.75) is 6.54 Å². The molecule has 7 nitrogen and oxygen atoms in total. The summed E-state index contributed by atoms with van der Waals surface area (Å²) < 4.78 is 6.55. The molecular formula is C13H13N5O2. The van der Waals surface area contributed by atoms with E-state index in [0.29, 0.717) is 17.7 Å². The number of nitrogen functional groups attached to an aromatic ring is 1. The highest BCUT2D eigenvalue weighted by molar-refractivity contribution is 5.83. The van der Waals surface area contributed by atoms with Crippen LogP contribution in [0.3, 0.4) is 0 Å². The Balaban J connectivity index is 2.14. The number of benzene rings is 1. The summed E-state index contributed by atoms with van der Waals surface area (Å²) in [5, 5.41) is 9.97. The second-order valence-corrected chi connectivity index (χ2v) is 4.25. The van der Waals surface area contributed by atoms with E-state index in [1.165, 1.54) is 7.11 Å². The number of ether oxygens (including phenoxy) is 1. The van der Waals surface area contributed by atoms with E-state index in [9.17, 15) is 5.11 Å². The molecule has 0 aliphatic carbocycles. The molecule has 102 valence electrons. The summed E-state index contributed by atoms with van der Waals surface area (Å²) in [4.78, 5) is 12.1.